The van der Waals surface area contributed by atoms with Crippen molar-refractivity contribution in [3.05, 3.63) is 72.9 Å². The number of cyclic esters (lactones) is 1. The highest BCUT2D eigenvalue weighted by Gasteiger charge is 2.52. The quantitative estimate of drug-likeness (QED) is 0.118. The number of rotatable bonds is 8. The number of carboxylic acid groups (broad SMARTS) is 1. The number of aliphatic carboxylic acids is 1. The fourth-order valence-electron chi connectivity index (χ4n) is 10.8. The molecule has 0 radical (unpaired) electrons. The van der Waals surface area contributed by atoms with E-state index in [1.807, 2.05) is 43.4 Å². The molecule has 1 unspecified atom stereocenters. The van der Waals surface area contributed by atoms with Crippen LogP contribution in [0.25, 0.3) is 0 Å². The van der Waals surface area contributed by atoms with Gasteiger partial charge in [0.25, 0.3) is 0 Å². The number of nitrogens with zero attached hydrogens (tertiary/aromatic N) is 2. The van der Waals surface area contributed by atoms with Crippen molar-refractivity contribution in [2.45, 2.75) is 215 Å². The molecule has 79 heavy (non-hydrogen) atoms. The highest BCUT2D eigenvalue weighted by molar-refractivity contribution is 6.05. The third-order valence-corrected chi connectivity index (χ3v) is 15.7. The van der Waals surface area contributed by atoms with Crippen molar-refractivity contribution in [2.24, 2.45) is 17.8 Å². The molecule has 446 valence electrons. The number of hydrogen-bond donors (Lipinski definition) is 12. The van der Waals surface area contributed by atoms with Gasteiger partial charge >= 0.3 is 11.9 Å². The molecular weight excluding hydrogens is 1030 g/mol. The molecule has 0 saturated carbocycles. The summed E-state index contributed by atoms with van der Waals surface area (Å²) in [4.78, 5) is 55.4. The summed E-state index contributed by atoms with van der Waals surface area (Å²) in [5, 5.41) is 125. The van der Waals surface area contributed by atoms with Crippen LogP contribution in [0.3, 0.4) is 0 Å². The van der Waals surface area contributed by atoms with Gasteiger partial charge in [0.05, 0.1) is 92.1 Å². The smallest absolute Gasteiger partial charge is 0.311 e. The van der Waals surface area contributed by atoms with Crippen molar-refractivity contribution in [2.75, 3.05) is 26.2 Å². The Labute approximate surface area is 463 Å². The van der Waals surface area contributed by atoms with Crippen LogP contribution in [-0.2, 0) is 38.1 Å². The van der Waals surface area contributed by atoms with Gasteiger partial charge in [-0.1, -0.05) is 86.8 Å². The Kier molecular flexibility index (Phi) is 26.6. The second kappa shape index (κ2) is 31.9. The van der Waals surface area contributed by atoms with Gasteiger partial charge in [-0.3, -0.25) is 29.4 Å². The number of imide groups is 1. The molecule has 0 aromatic rings. The van der Waals surface area contributed by atoms with Gasteiger partial charge in [-0.15, -0.1) is 0 Å². The van der Waals surface area contributed by atoms with E-state index in [1.165, 1.54) is 17.9 Å². The van der Waals surface area contributed by atoms with E-state index in [9.17, 15) is 75.3 Å². The predicted molar refractivity (Wildman–Crippen MR) is 287 cm³/mol. The van der Waals surface area contributed by atoms with E-state index in [1.54, 1.807) is 44.2 Å². The van der Waals surface area contributed by atoms with Crippen LogP contribution in [0.15, 0.2) is 72.9 Å². The molecule has 5 heterocycles. The van der Waals surface area contributed by atoms with Crippen molar-refractivity contribution in [1.29, 1.82) is 0 Å². The zero-order valence-corrected chi connectivity index (χ0v) is 46.0. The highest BCUT2D eigenvalue weighted by Crippen LogP contribution is 2.38. The minimum atomic E-state index is -2.42. The molecule has 12 N–H and O–H groups in total. The summed E-state index contributed by atoms with van der Waals surface area (Å²) < 4.78 is 23.8. The van der Waals surface area contributed by atoms with Crippen LogP contribution >= 0.6 is 0 Å². The summed E-state index contributed by atoms with van der Waals surface area (Å²) in [6.45, 7) is 9.23. The number of aliphatic hydroxyl groups is 10. The number of carbonyl (C=O) groups is 4. The van der Waals surface area contributed by atoms with Gasteiger partial charge in [0.1, 0.15) is 18.1 Å². The average Bonchev–Trinajstić information content (AvgIpc) is 4.08. The molecule has 22 heteroatoms. The number of allylic oxidation sites excluding steroid dienone is 10. The summed E-state index contributed by atoms with van der Waals surface area (Å²) in [6, 6.07) is -2.32. The van der Waals surface area contributed by atoms with Crippen LogP contribution in [0.1, 0.15) is 111 Å². The van der Waals surface area contributed by atoms with Gasteiger partial charge in [-0.25, -0.2) is 0 Å². The first-order valence-corrected chi connectivity index (χ1v) is 28.0. The molecule has 2 amide bonds. The molecule has 0 spiro atoms. The van der Waals surface area contributed by atoms with E-state index in [2.05, 4.69) is 10.2 Å². The molecule has 0 aromatic heterocycles. The van der Waals surface area contributed by atoms with Gasteiger partial charge in [-0.05, 0) is 78.3 Å². The van der Waals surface area contributed by atoms with E-state index in [0.29, 0.717) is 6.54 Å². The van der Waals surface area contributed by atoms with Gasteiger partial charge in [0.15, 0.2) is 12.1 Å². The number of fused-ring (bicyclic) bond motifs is 2. The summed E-state index contributed by atoms with van der Waals surface area (Å²) in [5.41, 5.74) is 0. The molecule has 5 rings (SSSR count). The lowest BCUT2D eigenvalue weighted by Gasteiger charge is -2.46. The molecule has 0 aromatic carbocycles. The first kappa shape index (κ1) is 65.7. The van der Waals surface area contributed by atoms with Crippen molar-refractivity contribution >= 4 is 23.8 Å². The number of hydrogen-bond acceptors (Lipinski definition) is 20. The Bertz CT molecular complexity index is 2120. The van der Waals surface area contributed by atoms with Crippen LogP contribution in [0, 0.1) is 17.8 Å². The summed E-state index contributed by atoms with van der Waals surface area (Å²) in [5.74, 6) is -7.95. The Balaban J connectivity index is 1.34. The lowest BCUT2D eigenvalue weighted by atomic mass is 9.82. The zero-order chi connectivity index (χ0) is 58.0. The number of ether oxygens (including phenoxy) is 4. The lowest BCUT2D eigenvalue weighted by molar-refractivity contribution is -0.310. The molecule has 2 bridgehead atoms. The molecule has 22 nitrogen and oxygen atoms in total. The van der Waals surface area contributed by atoms with Crippen molar-refractivity contribution < 1.29 is 94.3 Å². The molecule has 4 fully saturated rings. The Morgan fingerprint density at radius 1 is 0.696 bits per heavy atom. The zero-order valence-electron chi connectivity index (χ0n) is 46.0. The molecule has 5 aliphatic rings. The topological polar surface area (TPSA) is 346 Å². The summed E-state index contributed by atoms with van der Waals surface area (Å²) in [6.07, 6.45) is 2.52. The number of esters is 1. The number of carbonyl (C=O) groups excluding carboxylic acids is 3. The van der Waals surface area contributed by atoms with Gasteiger partial charge < -0.3 is 80.0 Å². The lowest BCUT2D eigenvalue weighted by Crippen LogP contribution is -2.65. The Morgan fingerprint density at radius 2 is 1.32 bits per heavy atom. The average molecular weight is 1120 g/mol. The fraction of sp³-hybridized carbons (Fsp3) is 0.719. The van der Waals surface area contributed by atoms with E-state index in [0.717, 1.165) is 38.8 Å². The predicted octanol–water partition coefficient (Wildman–Crippen LogP) is 0.790. The molecule has 5 aliphatic heterocycles. The second-order valence-corrected chi connectivity index (χ2v) is 22.2. The second-order valence-electron chi connectivity index (χ2n) is 22.2. The SMILES string of the molecule is C[C@@H]1[C@H](O)[C@@H](C)/C=C/C=C/CC/C=C/C=C/C=C/C=C/[C@H](O[C@H]2O[C@H](C)[C@@H](O)[C@H](NC3CC(=O)N(CCN4CCCC4)C3=O)[C@@H]2O)C[C@@H]2O[C@](O)(C[C@@H](O)[C@H](O)CC[C@@H](O)C[C@@H](O)C[C@@H](O)CC(=O)O[C@H]1C)C[C@H](O)[C@H]2C(=O)O. The van der Waals surface area contributed by atoms with Crippen molar-refractivity contribution in [3.63, 3.8) is 0 Å². The fourth-order valence-corrected chi connectivity index (χ4v) is 10.8. The van der Waals surface area contributed by atoms with Crippen molar-refractivity contribution in [1.82, 2.24) is 15.1 Å². The maximum Gasteiger partial charge on any atom is 0.311 e. The van der Waals surface area contributed by atoms with E-state index in [4.69, 9.17) is 18.9 Å². The third-order valence-electron chi connectivity index (χ3n) is 15.7. The molecule has 0 aliphatic carbocycles. The summed E-state index contributed by atoms with van der Waals surface area (Å²) >= 11 is 0. The van der Waals surface area contributed by atoms with E-state index in [-0.39, 0.29) is 44.6 Å². The number of carboxylic acids is 1. The first-order valence-electron chi connectivity index (χ1n) is 28.0. The number of likely N-dealkylation sites (tertiary alicyclic amines) is 2. The Hall–Kier alpha value is -4.08. The summed E-state index contributed by atoms with van der Waals surface area (Å²) in [7, 11) is 0. The van der Waals surface area contributed by atoms with E-state index < -0.39 is 165 Å². The highest BCUT2D eigenvalue weighted by atomic mass is 16.7. The number of amides is 2. The largest absolute Gasteiger partial charge is 0.481 e. The van der Waals surface area contributed by atoms with Crippen molar-refractivity contribution in [3.8, 4) is 0 Å². The molecule has 4 saturated heterocycles. The normalized spacial score (nSPS) is 42.6. The van der Waals surface area contributed by atoms with Gasteiger partial charge in [0.2, 0.25) is 11.8 Å². The number of nitrogens with one attached hydrogen (secondary N) is 1. The van der Waals surface area contributed by atoms with Crippen LogP contribution < -0.4 is 5.32 Å². The van der Waals surface area contributed by atoms with E-state index >= 15 is 0 Å². The molecule has 20 atom stereocenters. The maximum atomic E-state index is 13.5. The van der Waals surface area contributed by atoms with Crippen LogP contribution in [0.4, 0.5) is 0 Å². The van der Waals surface area contributed by atoms with Crippen LogP contribution in [0.5, 0.6) is 0 Å². The number of aliphatic hydroxyl groups excluding tert-OH is 9. The minimum absolute atomic E-state index is 0.166. The van der Waals surface area contributed by atoms with Gasteiger partial charge in [-0.2, -0.15) is 0 Å². The van der Waals surface area contributed by atoms with Gasteiger partial charge in [0, 0.05) is 44.2 Å². The minimum Gasteiger partial charge on any atom is -0.481 e. The maximum absolute atomic E-state index is 13.5. The van der Waals surface area contributed by atoms with Crippen LogP contribution in [0.2, 0.25) is 0 Å². The molecular formula is C57H89N3O19. The third kappa shape index (κ3) is 20.4. The monoisotopic (exact) mass is 1120 g/mol. The first-order chi connectivity index (χ1) is 37.5. The standard InChI is InChI=1S/C57H89N3O19/c1-34-19-15-13-11-9-7-5-6-8-10-12-14-16-20-41(78-56-53(71)50(52(70)37(4)77-56)58-42-31-47(67)60(54(42)72)26-25-59-23-17-18-24-59)30-46-49(55(73)74)45(66)33-57(75,79-46)32-44(65)43(64)22-21-38(61)27-39(62)28-40(63)29-48(68)76-36(3)35(2)51(34)69/h5-6,8,10-16,19-20,34-46,49-53,56,58,61-66,69-71,75H,7,9,17-18,21-33H2,1-4H3,(H,73,74)/b6-5+,10-8+,13-11+,14-12+,19-15+,20-16+/t34-,35-,36-,37+,38+,39+,40+,41-,42?,43+,44+,45-,46-,49+,50-,51+,52+,53-,56+,57+/m0/s1. The Morgan fingerprint density at radius 3 is 2.00 bits per heavy atom. The van der Waals surface area contributed by atoms with Crippen LogP contribution in [-0.4, -0.2) is 219 Å².